The molecule has 2 rings (SSSR count). The molecule has 3 N–H and O–H groups in total. The Labute approximate surface area is 123 Å². The van der Waals surface area contributed by atoms with Gasteiger partial charge in [-0.1, -0.05) is 46.3 Å². The number of amides is 1. The highest BCUT2D eigenvalue weighted by molar-refractivity contribution is 9.10. The number of carbonyl (C=O) groups excluding carboxylic acids is 1. The first kappa shape index (κ1) is 14.5. The van der Waals surface area contributed by atoms with Gasteiger partial charge in [0.2, 0.25) is 6.10 Å². The van der Waals surface area contributed by atoms with Crippen LogP contribution in [0.1, 0.15) is 11.7 Å². The van der Waals surface area contributed by atoms with Gasteiger partial charge in [-0.3, -0.25) is 10.2 Å². The molecule has 1 atom stereocenters. The molecule has 0 radical (unpaired) electrons. The van der Waals surface area contributed by atoms with Gasteiger partial charge in [0.25, 0.3) is 5.91 Å². The molecule has 1 unspecified atom stereocenters. The number of hydrogen-bond donors (Lipinski definition) is 2. The second kappa shape index (κ2) is 6.49. The predicted octanol–water partition coefficient (Wildman–Crippen LogP) is 2.70. The molecule has 104 valence electrons. The lowest BCUT2D eigenvalue weighted by Crippen LogP contribution is -2.37. The van der Waals surface area contributed by atoms with Gasteiger partial charge in [0, 0.05) is 10.0 Å². The van der Waals surface area contributed by atoms with Crippen molar-refractivity contribution in [1.29, 1.82) is 0 Å². The van der Waals surface area contributed by atoms with Gasteiger partial charge < -0.3 is 4.74 Å². The maximum absolute atomic E-state index is 13.8. The van der Waals surface area contributed by atoms with Gasteiger partial charge in [0.05, 0.1) is 0 Å². The average Bonchev–Trinajstić information content (AvgIpc) is 2.46. The maximum atomic E-state index is 13.8. The fraction of sp³-hybridized carbons (Fsp3) is 0.0714. The van der Waals surface area contributed by atoms with Crippen LogP contribution in [0.15, 0.2) is 53.0 Å². The third-order valence-electron chi connectivity index (χ3n) is 2.62. The summed E-state index contributed by atoms with van der Waals surface area (Å²) < 4.78 is 19.8. The normalized spacial score (nSPS) is 11.8. The van der Waals surface area contributed by atoms with Crippen molar-refractivity contribution in [2.45, 2.75) is 6.10 Å². The maximum Gasteiger partial charge on any atom is 0.279 e. The van der Waals surface area contributed by atoms with E-state index in [1.165, 1.54) is 12.1 Å². The Hall–Kier alpha value is -1.92. The van der Waals surface area contributed by atoms with Crippen molar-refractivity contribution in [3.8, 4) is 5.75 Å². The monoisotopic (exact) mass is 338 g/mol. The average molecular weight is 339 g/mol. The number of halogens is 2. The predicted molar refractivity (Wildman–Crippen MR) is 76.2 cm³/mol. The standard InChI is InChI=1S/C14H12BrFN2O2/c15-10-6-7-12(11(16)8-10)20-13(14(19)18-17)9-4-2-1-3-5-9/h1-8,13H,17H2,(H,18,19). The first-order valence-corrected chi connectivity index (χ1v) is 6.58. The van der Waals surface area contributed by atoms with Crippen LogP contribution in [0.5, 0.6) is 5.75 Å². The Morgan fingerprint density at radius 1 is 1.25 bits per heavy atom. The van der Waals surface area contributed by atoms with Crippen LogP contribution in [0.25, 0.3) is 0 Å². The van der Waals surface area contributed by atoms with E-state index in [-0.39, 0.29) is 5.75 Å². The number of rotatable bonds is 4. The minimum absolute atomic E-state index is 0.0225. The zero-order chi connectivity index (χ0) is 14.5. The van der Waals surface area contributed by atoms with E-state index in [2.05, 4.69) is 15.9 Å². The number of nitrogens with one attached hydrogen (secondary N) is 1. The van der Waals surface area contributed by atoms with Gasteiger partial charge in [0.1, 0.15) is 0 Å². The highest BCUT2D eigenvalue weighted by atomic mass is 79.9. The molecule has 1 amide bonds. The SMILES string of the molecule is NNC(=O)C(Oc1ccc(Br)cc1F)c1ccccc1. The van der Waals surface area contributed by atoms with Crippen LogP contribution >= 0.6 is 15.9 Å². The summed E-state index contributed by atoms with van der Waals surface area (Å²) >= 11 is 3.16. The smallest absolute Gasteiger partial charge is 0.279 e. The molecule has 0 saturated carbocycles. The lowest BCUT2D eigenvalue weighted by molar-refractivity contribution is -0.128. The fourth-order valence-corrected chi connectivity index (χ4v) is 2.01. The van der Waals surface area contributed by atoms with E-state index in [1.807, 2.05) is 5.43 Å². The van der Waals surface area contributed by atoms with Crippen molar-refractivity contribution in [1.82, 2.24) is 5.43 Å². The van der Waals surface area contributed by atoms with Crippen LogP contribution in [0, 0.1) is 5.82 Å². The van der Waals surface area contributed by atoms with E-state index in [0.717, 1.165) is 0 Å². The lowest BCUT2D eigenvalue weighted by atomic mass is 10.1. The van der Waals surface area contributed by atoms with Crippen LogP contribution in [0.4, 0.5) is 4.39 Å². The Balaban J connectivity index is 2.31. The molecule has 0 aliphatic carbocycles. The van der Waals surface area contributed by atoms with Crippen molar-refractivity contribution in [3.63, 3.8) is 0 Å². The molecular formula is C14H12BrFN2O2. The van der Waals surface area contributed by atoms with Crippen LogP contribution < -0.4 is 16.0 Å². The molecule has 6 heteroatoms. The molecule has 0 spiro atoms. The molecule has 0 fully saturated rings. The summed E-state index contributed by atoms with van der Waals surface area (Å²) in [5.41, 5.74) is 2.60. The first-order chi connectivity index (χ1) is 9.61. The summed E-state index contributed by atoms with van der Waals surface area (Å²) in [5.74, 6) is 4.00. The van der Waals surface area contributed by atoms with Crippen molar-refractivity contribution in [3.05, 3.63) is 64.4 Å². The highest BCUT2D eigenvalue weighted by Crippen LogP contribution is 2.27. The van der Waals surface area contributed by atoms with Gasteiger partial charge >= 0.3 is 0 Å². The Bertz CT molecular complexity index is 607. The molecule has 0 aliphatic rings. The number of hydrazine groups is 1. The van der Waals surface area contributed by atoms with E-state index in [9.17, 15) is 9.18 Å². The summed E-state index contributed by atoms with van der Waals surface area (Å²) in [6, 6.07) is 13.1. The molecule has 2 aromatic carbocycles. The molecule has 0 bridgehead atoms. The molecule has 4 nitrogen and oxygen atoms in total. The van der Waals surface area contributed by atoms with Crippen molar-refractivity contribution in [2.75, 3.05) is 0 Å². The van der Waals surface area contributed by atoms with Gasteiger partial charge in [-0.25, -0.2) is 10.2 Å². The van der Waals surface area contributed by atoms with Crippen LogP contribution in [-0.2, 0) is 4.79 Å². The molecule has 0 aromatic heterocycles. The topological polar surface area (TPSA) is 64.3 Å². The number of carbonyl (C=O) groups is 1. The third kappa shape index (κ3) is 3.34. The van der Waals surface area contributed by atoms with Crippen LogP contribution in [0.3, 0.4) is 0 Å². The van der Waals surface area contributed by atoms with Gasteiger partial charge in [-0.2, -0.15) is 0 Å². The largest absolute Gasteiger partial charge is 0.473 e. The van der Waals surface area contributed by atoms with E-state index in [0.29, 0.717) is 10.0 Å². The second-order valence-corrected chi connectivity index (χ2v) is 4.91. The minimum atomic E-state index is -1.02. The van der Waals surface area contributed by atoms with Gasteiger partial charge in [-0.15, -0.1) is 0 Å². The lowest BCUT2D eigenvalue weighted by Gasteiger charge is -2.18. The molecule has 0 saturated heterocycles. The summed E-state index contributed by atoms with van der Waals surface area (Å²) in [4.78, 5) is 11.8. The van der Waals surface area contributed by atoms with Crippen molar-refractivity contribution >= 4 is 21.8 Å². The summed E-state index contributed by atoms with van der Waals surface area (Å²) in [6.45, 7) is 0. The quantitative estimate of drug-likeness (QED) is 0.511. The van der Waals surface area contributed by atoms with E-state index in [1.54, 1.807) is 36.4 Å². The Morgan fingerprint density at radius 3 is 2.55 bits per heavy atom. The molecule has 0 aliphatic heterocycles. The fourth-order valence-electron chi connectivity index (χ4n) is 1.67. The van der Waals surface area contributed by atoms with E-state index in [4.69, 9.17) is 10.6 Å². The minimum Gasteiger partial charge on any atom is -0.473 e. The first-order valence-electron chi connectivity index (χ1n) is 5.79. The van der Waals surface area contributed by atoms with Gasteiger partial charge in [0.15, 0.2) is 11.6 Å². The molecule has 0 heterocycles. The van der Waals surface area contributed by atoms with Crippen LogP contribution in [-0.4, -0.2) is 5.91 Å². The Morgan fingerprint density at radius 2 is 1.95 bits per heavy atom. The number of nitrogens with two attached hydrogens (primary N) is 1. The second-order valence-electron chi connectivity index (χ2n) is 3.99. The molecular weight excluding hydrogens is 327 g/mol. The summed E-state index contributed by atoms with van der Waals surface area (Å²) in [5, 5.41) is 0. The van der Waals surface area contributed by atoms with E-state index >= 15 is 0 Å². The van der Waals surface area contributed by atoms with Gasteiger partial charge in [-0.05, 0) is 18.2 Å². The van der Waals surface area contributed by atoms with Crippen molar-refractivity contribution in [2.24, 2.45) is 5.84 Å². The zero-order valence-corrected chi connectivity index (χ0v) is 11.9. The van der Waals surface area contributed by atoms with Crippen LogP contribution in [0.2, 0.25) is 0 Å². The van der Waals surface area contributed by atoms with Crippen molar-refractivity contribution < 1.29 is 13.9 Å². The zero-order valence-electron chi connectivity index (χ0n) is 10.3. The van der Waals surface area contributed by atoms with E-state index < -0.39 is 17.8 Å². The summed E-state index contributed by atoms with van der Waals surface area (Å²) in [7, 11) is 0. The number of hydrogen-bond acceptors (Lipinski definition) is 3. The Kier molecular flexibility index (Phi) is 4.70. The highest BCUT2D eigenvalue weighted by Gasteiger charge is 2.23. The third-order valence-corrected chi connectivity index (χ3v) is 3.11. The molecule has 2 aromatic rings. The molecule has 20 heavy (non-hydrogen) atoms. The number of benzene rings is 2. The number of ether oxygens (including phenoxy) is 1. The summed E-state index contributed by atoms with van der Waals surface area (Å²) in [6.07, 6.45) is -1.02.